The normalized spacial score (nSPS) is 27.6. The molecule has 1 fully saturated rings. The lowest BCUT2D eigenvalue weighted by Gasteiger charge is -2.46. The Morgan fingerprint density at radius 3 is 2.56 bits per heavy atom. The van der Waals surface area contributed by atoms with E-state index in [-0.39, 0.29) is 0 Å². The number of aliphatic hydroxyl groups is 1. The van der Waals surface area contributed by atoms with Crippen molar-refractivity contribution in [2.75, 3.05) is 0 Å². The van der Waals surface area contributed by atoms with E-state index in [9.17, 15) is 5.11 Å². The maximum Gasteiger partial charge on any atom is 0.0766 e. The van der Waals surface area contributed by atoms with Gasteiger partial charge < -0.3 is 5.11 Å². The van der Waals surface area contributed by atoms with Crippen molar-refractivity contribution >= 4 is 15.9 Å². The summed E-state index contributed by atoms with van der Waals surface area (Å²) in [5, 5.41) is 15.0. The van der Waals surface area contributed by atoms with Gasteiger partial charge in [0.1, 0.15) is 0 Å². The molecule has 102 valence electrons. The zero-order chi connectivity index (χ0) is 13.5. The minimum absolute atomic E-state index is 0.518. The van der Waals surface area contributed by atoms with Gasteiger partial charge in [-0.15, -0.1) is 0 Å². The largest absolute Gasteiger partial charge is 0.389 e. The van der Waals surface area contributed by atoms with Gasteiger partial charge >= 0.3 is 0 Å². The highest BCUT2D eigenvalue weighted by Gasteiger charge is 2.44. The van der Waals surface area contributed by atoms with Crippen LogP contribution in [-0.2, 0) is 19.9 Å². The van der Waals surface area contributed by atoms with Crippen molar-refractivity contribution in [3.05, 3.63) is 15.9 Å². The number of aryl methyl sites for hydroxylation is 2. The number of aromatic nitrogens is 2. The van der Waals surface area contributed by atoms with Gasteiger partial charge in [-0.25, -0.2) is 0 Å². The van der Waals surface area contributed by atoms with E-state index < -0.39 is 5.60 Å². The summed E-state index contributed by atoms with van der Waals surface area (Å²) in [5.74, 6) is 1.35. The second-order valence-electron chi connectivity index (χ2n) is 6.00. The summed E-state index contributed by atoms with van der Waals surface area (Å²) in [6.45, 7) is 6.57. The van der Waals surface area contributed by atoms with Crippen LogP contribution in [0.3, 0.4) is 0 Å². The highest BCUT2D eigenvalue weighted by molar-refractivity contribution is 9.10. The van der Waals surface area contributed by atoms with Gasteiger partial charge in [-0.3, -0.25) is 4.68 Å². The highest BCUT2D eigenvalue weighted by Crippen LogP contribution is 2.44. The molecule has 1 saturated carbocycles. The predicted octanol–water partition coefficient (Wildman–Crippen LogP) is 3.08. The van der Waals surface area contributed by atoms with Gasteiger partial charge in [-0.1, -0.05) is 20.8 Å². The fraction of sp³-hybridized carbons (Fsp3) is 0.786. The van der Waals surface area contributed by atoms with Gasteiger partial charge in [0.15, 0.2) is 0 Å². The molecule has 0 aliphatic heterocycles. The minimum Gasteiger partial charge on any atom is -0.389 e. The molecule has 3 nitrogen and oxygen atoms in total. The molecule has 2 rings (SSSR count). The zero-order valence-corrected chi connectivity index (χ0v) is 13.3. The van der Waals surface area contributed by atoms with Gasteiger partial charge in [-0.05, 0) is 47.0 Å². The van der Waals surface area contributed by atoms with Crippen LogP contribution in [0.4, 0.5) is 0 Å². The van der Waals surface area contributed by atoms with Crippen molar-refractivity contribution in [1.82, 2.24) is 9.78 Å². The summed E-state index contributed by atoms with van der Waals surface area (Å²) in [4.78, 5) is 0. The Kier molecular flexibility index (Phi) is 3.88. The van der Waals surface area contributed by atoms with Gasteiger partial charge in [-0.2, -0.15) is 5.10 Å². The van der Waals surface area contributed by atoms with Crippen LogP contribution < -0.4 is 0 Å². The van der Waals surface area contributed by atoms with E-state index in [0.717, 1.165) is 35.1 Å². The van der Waals surface area contributed by atoms with Gasteiger partial charge in [0.2, 0.25) is 0 Å². The lowest BCUT2D eigenvalue weighted by atomic mass is 9.64. The summed E-state index contributed by atoms with van der Waals surface area (Å²) in [6, 6.07) is 0. The van der Waals surface area contributed by atoms with Crippen LogP contribution >= 0.6 is 15.9 Å². The fourth-order valence-electron chi connectivity index (χ4n) is 2.86. The molecular weight excluding hydrogens is 292 g/mol. The number of hydrogen-bond acceptors (Lipinski definition) is 2. The molecule has 0 spiro atoms. The van der Waals surface area contributed by atoms with E-state index in [2.05, 4.69) is 41.8 Å². The second-order valence-corrected chi connectivity index (χ2v) is 6.79. The Morgan fingerprint density at radius 2 is 2.11 bits per heavy atom. The number of nitrogens with zero attached hydrogens (tertiary/aromatic N) is 2. The Morgan fingerprint density at radius 1 is 1.50 bits per heavy atom. The highest BCUT2D eigenvalue weighted by atomic mass is 79.9. The molecule has 1 aromatic heterocycles. The van der Waals surface area contributed by atoms with E-state index >= 15 is 0 Å². The summed E-state index contributed by atoms with van der Waals surface area (Å²) >= 11 is 3.62. The SMILES string of the molecule is CCc1nn(C)c(CC2(O)CC(C(C)C)C2)c1Br. The average Bonchev–Trinajstić information content (AvgIpc) is 2.52. The van der Waals surface area contributed by atoms with Crippen LogP contribution in [0.15, 0.2) is 4.47 Å². The van der Waals surface area contributed by atoms with Crippen molar-refractivity contribution in [3.8, 4) is 0 Å². The molecule has 4 heteroatoms. The van der Waals surface area contributed by atoms with E-state index in [0.29, 0.717) is 18.3 Å². The van der Waals surface area contributed by atoms with Crippen LogP contribution in [-0.4, -0.2) is 20.5 Å². The maximum atomic E-state index is 10.6. The fourth-order valence-corrected chi connectivity index (χ4v) is 3.61. The van der Waals surface area contributed by atoms with E-state index in [1.807, 2.05) is 11.7 Å². The smallest absolute Gasteiger partial charge is 0.0766 e. The van der Waals surface area contributed by atoms with Crippen LogP contribution in [0.25, 0.3) is 0 Å². The lowest BCUT2D eigenvalue weighted by molar-refractivity contribution is -0.0871. The van der Waals surface area contributed by atoms with Gasteiger partial charge in [0.05, 0.1) is 21.5 Å². The van der Waals surface area contributed by atoms with Crippen molar-refractivity contribution in [2.45, 2.75) is 52.1 Å². The van der Waals surface area contributed by atoms with E-state index in [4.69, 9.17) is 0 Å². The molecule has 1 aliphatic carbocycles. The monoisotopic (exact) mass is 314 g/mol. The van der Waals surface area contributed by atoms with Crippen LogP contribution in [0.5, 0.6) is 0 Å². The standard InChI is InChI=1S/C14H23BrN2O/c1-5-11-13(15)12(17(4)16-11)8-14(18)6-10(7-14)9(2)3/h9-10,18H,5-8H2,1-4H3. The number of hydrogen-bond donors (Lipinski definition) is 1. The summed E-state index contributed by atoms with van der Waals surface area (Å²) < 4.78 is 2.98. The first-order chi connectivity index (χ1) is 8.36. The van der Waals surface area contributed by atoms with Crippen molar-refractivity contribution < 1.29 is 5.11 Å². The molecule has 0 unspecified atom stereocenters. The Labute approximate surface area is 118 Å². The third-order valence-electron chi connectivity index (χ3n) is 4.23. The topological polar surface area (TPSA) is 38.0 Å². The Hall–Kier alpha value is -0.350. The summed E-state index contributed by atoms with van der Waals surface area (Å²) in [6.07, 6.45) is 3.47. The summed E-state index contributed by atoms with van der Waals surface area (Å²) in [7, 11) is 1.96. The molecule has 0 bridgehead atoms. The maximum absolute atomic E-state index is 10.6. The molecular formula is C14H23BrN2O. The van der Waals surface area contributed by atoms with Crippen LogP contribution in [0.1, 0.15) is 45.0 Å². The first-order valence-electron chi connectivity index (χ1n) is 6.79. The molecule has 0 aromatic carbocycles. The first-order valence-corrected chi connectivity index (χ1v) is 7.58. The Balaban J connectivity index is 2.09. The molecule has 1 aliphatic rings. The Bertz CT molecular complexity index is 433. The molecule has 0 atom stereocenters. The van der Waals surface area contributed by atoms with Crippen molar-refractivity contribution in [3.63, 3.8) is 0 Å². The molecule has 0 radical (unpaired) electrons. The third-order valence-corrected chi connectivity index (χ3v) is 5.14. The van der Waals surface area contributed by atoms with E-state index in [1.54, 1.807) is 0 Å². The molecule has 18 heavy (non-hydrogen) atoms. The molecule has 0 amide bonds. The zero-order valence-electron chi connectivity index (χ0n) is 11.7. The van der Waals surface area contributed by atoms with Crippen LogP contribution in [0.2, 0.25) is 0 Å². The molecule has 0 saturated heterocycles. The third kappa shape index (κ3) is 2.50. The number of halogens is 1. The van der Waals surface area contributed by atoms with E-state index in [1.165, 1.54) is 0 Å². The second kappa shape index (κ2) is 4.97. The van der Waals surface area contributed by atoms with Gasteiger partial charge in [0.25, 0.3) is 0 Å². The van der Waals surface area contributed by atoms with Crippen LogP contribution in [0, 0.1) is 11.8 Å². The lowest BCUT2D eigenvalue weighted by Crippen LogP contribution is -2.47. The molecule has 1 aromatic rings. The quantitative estimate of drug-likeness (QED) is 0.927. The summed E-state index contributed by atoms with van der Waals surface area (Å²) in [5.41, 5.74) is 1.68. The first kappa shape index (κ1) is 14.1. The minimum atomic E-state index is -0.518. The van der Waals surface area contributed by atoms with Gasteiger partial charge in [0, 0.05) is 13.5 Å². The number of rotatable bonds is 4. The molecule has 1 heterocycles. The van der Waals surface area contributed by atoms with Crippen molar-refractivity contribution in [2.24, 2.45) is 18.9 Å². The molecule has 1 N–H and O–H groups in total. The van der Waals surface area contributed by atoms with Crippen molar-refractivity contribution in [1.29, 1.82) is 0 Å². The average molecular weight is 315 g/mol. The predicted molar refractivity (Wildman–Crippen MR) is 76.5 cm³/mol.